The number of carbonyl (C=O) groups is 2. The lowest BCUT2D eigenvalue weighted by molar-refractivity contribution is -0.129. The van der Waals surface area contributed by atoms with E-state index < -0.39 is 34.2 Å². The summed E-state index contributed by atoms with van der Waals surface area (Å²) in [6.07, 6.45) is 0.339. The van der Waals surface area contributed by atoms with E-state index in [1.807, 2.05) is 54.6 Å². The Kier molecular flexibility index (Phi) is 5.88. The van der Waals surface area contributed by atoms with Crippen molar-refractivity contribution in [2.75, 3.05) is 17.7 Å². The molecule has 3 unspecified atom stereocenters. The first-order chi connectivity index (χ1) is 13.0. The quantitative estimate of drug-likeness (QED) is 0.585. The molecule has 1 aliphatic heterocycles. The fourth-order valence-electron chi connectivity index (χ4n) is 3.02. The first-order valence-electron chi connectivity index (χ1n) is 8.39. The minimum Gasteiger partial charge on any atom is -0.444 e. The van der Waals surface area contributed by atoms with Crippen LogP contribution in [0.2, 0.25) is 0 Å². The Morgan fingerprint density at radius 1 is 1.22 bits per heavy atom. The fraction of sp³-hybridized carbons (Fsp3) is 0.263. The zero-order valence-corrected chi connectivity index (χ0v) is 15.5. The molecule has 0 bridgehead atoms. The van der Waals surface area contributed by atoms with E-state index in [0.717, 1.165) is 11.1 Å². The molecule has 0 aromatic heterocycles. The number of hydrogen-bond acceptors (Lipinski definition) is 5. The van der Waals surface area contributed by atoms with Gasteiger partial charge in [-0.1, -0.05) is 42.5 Å². The fourth-order valence-corrected chi connectivity index (χ4v) is 3.86. The molecule has 1 aliphatic rings. The molecule has 2 N–H and O–H groups in total. The zero-order valence-electron chi connectivity index (χ0n) is 14.7. The van der Waals surface area contributed by atoms with Crippen molar-refractivity contribution in [1.82, 2.24) is 5.48 Å². The van der Waals surface area contributed by atoms with Gasteiger partial charge in [0.05, 0.1) is 6.54 Å². The Morgan fingerprint density at radius 2 is 1.85 bits per heavy atom. The minimum atomic E-state index is -1.50. The highest BCUT2D eigenvalue weighted by molar-refractivity contribution is 7.85. The van der Waals surface area contributed by atoms with Crippen LogP contribution in [0, 0.1) is 0 Å². The minimum absolute atomic E-state index is 0.0693. The Balaban J connectivity index is 1.70. The molecule has 27 heavy (non-hydrogen) atoms. The molecule has 0 spiro atoms. The average molecular weight is 388 g/mol. The highest BCUT2D eigenvalue weighted by Gasteiger charge is 2.36. The SMILES string of the molecule is CS(=O)C(CC1CN(c2ccc(-c3ccccc3)cc2)C(=O)O1)C(=O)NO. The molecule has 0 aliphatic carbocycles. The van der Waals surface area contributed by atoms with Crippen LogP contribution >= 0.6 is 0 Å². The molecule has 2 aromatic rings. The number of cyclic esters (lactones) is 1. The average Bonchev–Trinajstić information content (AvgIpc) is 3.06. The number of nitrogens with zero attached hydrogens (tertiary/aromatic N) is 1. The molecular weight excluding hydrogens is 368 g/mol. The van der Waals surface area contributed by atoms with E-state index in [-0.39, 0.29) is 13.0 Å². The van der Waals surface area contributed by atoms with Crippen molar-refractivity contribution in [2.24, 2.45) is 0 Å². The number of rotatable bonds is 6. The van der Waals surface area contributed by atoms with Gasteiger partial charge < -0.3 is 4.74 Å². The van der Waals surface area contributed by atoms with E-state index in [1.54, 1.807) is 0 Å². The number of nitrogens with one attached hydrogen (secondary N) is 1. The molecule has 2 aromatic carbocycles. The monoisotopic (exact) mass is 388 g/mol. The van der Waals surface area contributed by atoms with Gasteiger partial charge >= 0.3 is 6.09 Å². The number of hydrogen-bond donors (Lipinski definition) is 2. The maximum Gasteiger partial charge on any atom is 0.414 e. The second kappa shape index (κ2) is 8.32. The van der Waals surface area contributed by atoms with Crippen molar-refractivity contribution in [3.8, 4) is 11.1 Å². The van der Waals surface area contributed by atoms with Crippen molar-refractivity contribution in [1.29, 1.82) is 0 Å². The summed E-state index contributed by atoms with van der Waals surface area (Å²) < 4.78 is 17.0. The van der Waals surface area contributed by atoms with E-state index in [4.69, 9.17) is 9.94 Å². The number of amides is 2. The van der Waals surface area contributed by atoms with Crippen LogP contribution in [-0.4, -0.2) is 45.6 Å². The van der Waals surface area contributed by atoms with Crippen LogP contribution in [0.1, 0.15) is 6.42 Å². The molecule has 2 amide bonds. The van der Waals surface area contributed by atoms with Gasteiger partial charge in [0.2, 0.25) is 0 Å². The number of hydroxylamine groups is 1. The standard InChI is InChI=1S/C19H20N2O5S/c1-27(25)17(18(22)20-24)11-16-12-21(19(23)26-16)15-9-7-14(8-10-15)13-5-3-2-4-6-13/h2-10,16-17,24H,11-12H2,1H3,(H,20,22). The smallest absolute Gasteiger partial charge is 0.414 e. The van der Waals surface area contributed by atoms with Gasteiger partial charge in [-0.2, -0.15) is 0 Å². The van der Waals surface area contributed by atoms with Gasteiger partial charge in [-0.25, -0.2) is 10.3 Å². The second-order valence-electron chi connectivity index (χ2n) is 6.23. The highest BCUT2D eigenvalue weighted by Crippen LogP contribution is 2.27. The van der Waals surface area contributed by atoms with Crippen LogP contribution in [0.3, 0.4) is 0 Å². The first-order valence-corrected chi connectivity index (χ1v) is 10.0. The predicted octanol–water partition coefficient (Wildman–Crippen LogP) is 2.32. The van der Waals surface area contributed by atoms with Gasteiger partial charge in [-0.15, -0.1) is 0 Å². The molecule has 0 radical (unpaired) electrons. The van der Waals surface area contributed by atoms with Gasteiger partial charge in [0, 0.05) is 29.2 Å². The molecule has 142 valence electrons. The van der Waals surface area contributed by atoms with Gasteiger partial charge in [0.15, 0.2) is 0 Å². The van der Waals surface area contributed by atoms with Crippen molar-refractivity contribution < 1.29 is 23.7 Å². The Hall–Kier alpha value is -2.71. The molecule has 8 heteroatoms. The molecule has 7 nitrogen and oxygen atoms in total. The van der Waals surface area contributed by atoms with E-state index >= 15 is 0 Å². The summed E-state index contributed by atoms with van der Waals surface area (Å²) in [4.78, 5) is 25.3. The van der Waals surface area contributed by atoms with Crippen LogP contribution in [0.15, 0.2) is 54.6 Å². The molecule has 1 heterocycles. The van der Waals surface area contributed by atoms with Crippen LogP contribution in [-0.2, 0) is 20.3 Å². The maximum atomic E-state index is 12.2. The third-order valence-corrected chi connectivity index (χ3v) is 5.65. The molecule has 1 saturated heterocycles. The summed E-state index contributed by atoms with van der Waals surface area (Å²) in [5, 5.41) is 7.83. The van der Waals surface area contributed by atoms with E-state index in [1.165, 1.54) is 16.6 Å². The van der Waals surface area contributed by atoms with Gasteiger partial charge in [0.1, 0.15) is 11.4 Å². The third-order valence-electron chi connectivity index (χ3n) is 4.44. The Bertz CT molecular complexity index is 841. The van der Waals surface area contributed by atoms with Crippen molar-refractivity contribution in [3.05, 3.63) is 54.6 Å². The predicted molar refractivity (Wildman–Crippen MR) is 102 cm³/mol. The second-order valence-corrected chi connectivity index (χ2v) is 7.79. The lowest BCUT2D eigenvalue weighted by Crippen LogP contribution is -2.38. The summed E-state index contributed by atoms with van der Waals surface area (Å²) >= 11 is 0. The highest BCUT2D eigenvalue weighted by atomic mass is 32.2. The van der Waals surface area contributed by atoms with Crippen LogP contribution < -0.4 is 10.4 Å². The largest absolute Gasteiger partial charge is 0.444 e. The van der Waals surface area contributed by atoms with Gasteiger partial charge in [-0.05, 0) is 23.3 Å². The number of anilines is 1. The van der Waals surface area contributed by atoms with Crippen molar-refractivity contribution in [2.45, 2.75) is 17.8 Å². The normalized spacial score (nSPS) is 18.7. The van der Waals surface area contributed by atoms with Gasteiger partial charge in [-0.3, -0.25) is 19.1 Å². The lowest BCUT2D eigenvalue weighted by Gasteiger charge is -2.16. The van der Waals surface area contributed by atoms with Gasteiger partial charge in [0.25, 0.3) is 5.91 Å². The number of carbonyl (C=O) groups excluding carboxylic acids is 2. The first kappa shape index (κ1) is 19.1. The van der Waals surface area contributed by atoms with Crippen LogP contribution in [0.5, 0.6) is 0 Å². The number of benzene rings is 2. The summed E-state index contributed by atoms with van der Waals surface area (Å²) in [6.45, 7) is 0.246. The third kappa shape index (κ3) is 4.35. The van der Waals surface area contributed by atoms with E-state index in [2.05, 4.69) is 0 Å². The molecule has 3 rings (SSSR count). The molecule has 0 saturated carbocycles. The van der Waals surface area contributed by atoms with Crippen LogP contribution in [0.25, 0.3) is 11.1 Å². The lowest BCUT2D eigenvalue weighted by atomic mass is 10.1. The topological polar surface area (TPSA) is 95.9 Å². The molecular formula is C19H20N2O5S. The Labute approximate surface area is 159 Å². The van der Waals surface area contributed by atoms with E-state index in [9.17, 15) is 13.8 Å². The van der Waals surface area contributed by atoms with Crippen LogP contribution in [0.4, 0.5) is 10.5 Å². The number of ether oxygens (including phenoxy) is 1. The summed E-state index contributed by atoms with van der Waals surface area (Å²) in [6, 6.07) is 17.4. The zero-order chi connectivity index (χ0) is 19.4. The van der Waals surface area contributed by atoms with Crippen molar-refractivity contribution >= 4 is 28.5 Å². The summed E-state index contributed by atoms with van der Waals surface area (Å²) in [5.74, 6) is -0.752. The van der Waals surface area contributed by atoms with E-state index in [0.29, 0.717) is 5.69 Å². The molecule has 3 atom stereocenters. The summed E-state index contributed by atoms with van der Waals surface area (Å²) in [7, 11) is -1.50. The van der Waals surface area contributed by atoms with Crippen molar-refractivity contribution in [3.63, 3.8) is 0 Å². The molecule has 1 fully saturated rings. The Morgan fingerprint density at radius 3 is 2.44 bits per heavy atom. The maximum absolute atomic E-state index is 12.2. The summed E-state index contributed by atoms with van der Waals surface area (Å²) in [5.41, 5.74) is 4.30.